The first-order valence-corrected chi connectivity index (χ1v) is 6.06. The van der Waals surface area contributed by atoms with Crippen LogP contribution < -0.4 is 4.74 Å². The molecule has 2 aromatic carbocycles. The first-order valence-electron chi connectivity index (χ1n) is 6.06. The highest BCUT2D eigenvalue weighted by molar-refractivity contribution is 5.76. The van der Waals surface area contributed by atoms with Crippen molar-refractivity contribution in [3.8, 4) is 11.5 Å². The number of nitrogens with zero attached hydrogens (tertiary/aromatic N) is 1. The number of imidazole rings is 1. The minimum absolute atomic E-state index is 0.236. The number of aromatic amines is 1. The molecule has 3 aromatic rings. The van der Waals surface area contributed by atoms with Crippen LogP contribution in [0.2, 0.25) is 0 Å². The monoisotopic (exact) mass is 254 g/mol. The number of nitrogens with one attached hydrogen (secondary N) is 1. The summed E-state index contributed by atoms with van der Waals surface area (Å²) < 4.78 is 5.33. The van der Waals surface area contributed by atoms with E-state index in [1.54, 1.807) is 25.3 Å². The Morgan fingerprint density at radius 3 is 2.89 bits per heavy atom. The molecule has 0 atom stereocenters. The maximum atomic E-state index is 9.44. The zero-order chi connectivity index (χ0) is 13.2. The van der Waals surface area contributed by atoms with E-state index < -0.39 is 0 Å². The molecule has 4 heteroatoms. The summed E-state index contributed by atoms with van der Waals surface area (Å²) in [6.45, 7) is 0. The molecule has 0 aliphatic rings. The molecule has 1 heterocycles. The van der Waals surface area contributed by atoms with Crippen LogP contribution in [0, 0.1) is 0 Å². The average Bonchev–Trinajstić information content (AvgIpc) is 2.80. The molecule has 3 rings (SSSR count). The first kappa shape index (κ1) is 11.6. The van der Waals surface area contributed by atoms with E-state index in [1.165, 1.54) is 0 Å². The molecular weight excluding hydrogens is 240 g/mol. The second-order valence-corrected chi connectivity index (χ2v) is 4.37. The summed E-state index contributed by atoms with van der Waals surface area (Å²) in [5.41, 5.74) is 2.76. The fourth-order valence-corrected chi connectivity index (χ4v) is 2.16. The van der Waals surface area contributed by atoms with E-state index in [-0.39, 0.29) is 5.75 Å². The van der Waals surface area contributed by atoms with Crippen molar-refractivity contribution in [2.24, 2.45) is 0 Å². The van der Waals surface area contributed by atoms with Crippen molar-refractivity contribution in [1.29, 1.82) is 0 Å². The van der Waals surface area contributed by atoms with Crippen LogP contribution in [0.3, 0.4) is 0 Å². The molecule has 0 spiro atoms. The SMILES string of the molecule is COc1ccccc1Cc1nc2ccc(O)cc2[nH]1. The highest BCUT2D eigenvalue weighted by Gasteiger charge is 2.07. The van der Waals surface area contributed by atoms with Gasteiger partial charge in [0.2, 0.25) is 0 Å². The van der Waals surface area contributed by atoms with Crippen molar-refractivity contribution >= 4 is 11.0 Å². The van der Waals surface area contributed by atoms with Gasteiger partial charge in [0.05, 0.1) is 18.1 Å². The summed E-state index contributed by atoms with van der Waals surface area (Å²) in [7, 11) is 1.66. The number of fused-ring (bicyclic) bond motifs is 1. The number of methoxy groups -OCH3 is 1. The Morgan fingerprint density at radius 1 is 1.21 bits per heavy atom. The number of phenolic OH excluding ortho intramolecular Hbond substituents is 1. The lowest BCUT2D eigenvalue weighted by molar-refractivity contribution is 0.410. The Labute approximate surface area is 110 Å². The van der Waals surface area contributed by atoms with Gasteiger partial charge in [-0.2, -0.15) is 0 Å². The molecule has 4 nitrogen and oxygen atoms in total. The average molecular weight is 254 g/mol. The van der Waals surface area contributed by atoms with E-state index >= 15 is 0 Å². The standard InChI is InChI=1S/C15H14N2O2/c1-19-14-5-3-2-4-10(14)8-15-16-12-7-6-11(18)9-13(12)17-15/h2-7,9,18H,8H2,1H3,(H,16,17). The lowest BCUT2D eigenvalue weighted by Crippen LogP contribution is -1.94. The number of ether oxygens (including phenoxy) is 1. The van der Waals surface area contributed by atoms with E-state index in [2.05, 4.69) is 9.97 Å². The van der Waals surface area contributed by atoms with Crippen LogP contribution >= 0.6 is 0 Å². The van der Waals surface area contributed by atoms with Gasteiger partial charge in [0.25, 0.3) is 0 Å². The van der Waals surface area contributed by atoms with Crippen molar-refractivity contribution < 1.29 is 9.84 Å². The van der Waals surface area contributed by atoms with Gasteiger partial charge in [-0.05, 0) is 18.2 Å². The zero-order valence-corrected chi connectivity index (χ0v) is 10.6. The van der Waals surface area contributed by atoms with Gasteiger partial charge in [0.1, 0.15) is 17.3 Å². The van der Waals surface area contributed by atoms with Crippen LogP contribution in [0.5, 0.6) is 11.5 Å². The molecule has 0 saturated carbocycles. The van der Waals surface area contributed by atoms with Crippen LogP contribution in [-0.4, -0.2) is 22.2 Å². The number of hydrogen-bond donors (Lipinski definition) is 2. The minimum atomic E-state index is 0.236. The zero-order valence-electron chi connectivity index (χ0n) is 10.6. The number of benzene rings is 2. The van der Waals surface area contributed by atoms with Gasteiger partial charge in [-0.1, -0.05) is 18.2 Å². The largest absolute Gasteiger partial charge is 0.508 e. The Kier molecular flexibility index (Phi) is 2.83. The summed E-state index contributed by atoms with van der Waals surface area (Å²) in [6.07, 6.45) is 0.666. The molecule has 0 bridgehead atoms. The number of aromatic hydroxyl groups is 1. The molecule has 0 saturated heterocycles. The Balaban J connectivity index is 1.96. The Hall–Kier alpha value is -2.49. The normalized spacial score (nSPS) is 10.8. The fraction of sp³-hybridized carbons (Fsp3) is 0.133. The van der Waals surface area contributed by atoms with Crippen LogP contribution in [0.25, 0.3) is 11.0 Å². The fourth-order valence-electron chi connectivity index (χ4n) is 2.16. The smallest absolute Gasteiger partial charge is 0.122 e. The third-order valence-electron chi connectivity index (χ3n) is 3.06. The lowest BCUT2D eigenvalue weighted by atomic mass is 10.1. The van der Waals surface area contributed by atoms with Crippen molar-refractivity contribution in [3.05, 3.63) is 53.9 Å². The highest BCUT2D eigenvalue weighted by atomic mass is 16.5. The summed E-state index contributed by atoms with van der Waals surface area (Å²) in [5.74, 6) is 1.94. The minimum Gasteiger partial charge on any atom is -0.508 e. The molecule has 96 valence electrons. The number of phenols is 1. The third kappa shape index (κ3) is 2.25. The van der Waals surface area contributed by atoms with Crippen LogP contribution in [0.1, 0.15) is 11.4 Å². The van der Waals surface area contributed by atoms with E-state index in [4.69, 9.17) is 4.74 Å². The number of rotatable bonds is 3. The maximum absolute atomic E-state index is 9.44. The van der Waals surface area contributed by atoms with Crippen LogP contribution in [0.15, 0.2) is 42.5 Å². The number of hydrogen-bond acceptors (Lipinski definition) is 3. The van der Waals surface area contributed by atoms with Gasteiger partial charge in [-0.15, -0.1) is 0 Å². The van der Waals surface area contributed by atoms with Crippen molar-refractivity contribution in [2.75, 3.05) is 7.11 Å². The Bertz CT molecular complexity index is 719. The van der Waals surface area contributed by atoms with Gasteiger partial charge >= 0.3 is 0 Å². The summed E-state index contributed by atoms with van der Waals surface area (Å²) in [5, 5.41) is 9.44. The summed E-state index contributed by atoms with van der Waals surface area (Å²) in [4.78, 5) is 7.71. The van der Waals surface area contributed by atoms with E-state index in [9.17, 15) is 5.11 Å². The number of para-hydroxylation sites is 1. The van der Waals surface area contributed by atoms with Crippen molar-refractivity contribution in [1.82, 2.24) is 9.97 Å². The molecule has 0 fully saturated rings. The number of H-pyrrole nitrogens is 1. The third-order valence-corrected chi connectivity index (χ3v) is 3.06. The van der Waals surface area contributed by atoms with E-state index in [0.717, 1.165) is 28.2 Å². The predicted molar refractivity (Wildman–Crippen MR) is 73.6 cm³/mol. The van der Waals surface area contributed by atoms with Gasteiger partial charge in [-0.25, -0.2) is 4.98 Å². The quantitative estimate of drug-likeness (QED) is 0.755. The summed E-state index contributed by atoms with van der Waals surface area (Å²) >= 11 is 0. The molecule has 0 aliphatic carbocycles. The second-order valence-electron chi connectivity index (χ2n) is 4.37. The van der Waals surface area contributed by atoms with Gasteiger partial charge in [0.15, 0.2) is 0 Å². The predicted octanol–water partition coefficient (Wildman–Crippen LogP) is 2.87. The molecule has 0 unspecified atom stereocenters. The highest BCUT2D eigenvalue weighted by Crippen LogP contribution is 2.22. The first-order chi connectivity index (χ1) is 9.26. The lowest BCUT2D eigenvalue weighted by Gasteiger charge is -2.05. The molecule has 0 radical (unpaired) electrons. The Morgan fingerprint density at radius 2 is 2.05 bits per heavy atom. The molecule has 0 aliphatic heterocycles. The van der Waals surface area contributed by atoms with Gasteiger partial charge in [0, 0.05) is 18.1 Å². The molecule has 1 aromatic heterocycles. The molecule has 2 N–H and O–H groups in total. The maximum Gasteiger partial charge on any atom is 0.122 e. The van der Waals surface area contributed by atoms with Crippen molar-refractivity contribution in [3.63, 3.8) is 0 Å². The number of aromatic nitrogens is 2. The topological polar surface area (TPSA) is 58.1 Å². The summed E-state index contributed by atoms with van der Waals surface area (Å²) in [6, 6.07) is 13.0. The van der Waals surface area contributed by atoms with E-state index in [1.807, 2.05) is 24.3 Å². The second kappa shape index (κ2) is 4.65. The molecule has 19 heavy (non-hydrogen) atoms. The van der Waals surface area contributed by atoms with E-state index in [0.29, 0.717) is 6.42 Å². The molecular formula is C15H14N2O2. The molecule has 0 amide bonds. The van der Waals surface area contributed by atoms with Gasteiger partial charge < -0.3 is 14.8 Å². The van der Waals surface area contributed by atoms with Crippen LogP contribution in [0.4, 0.5) is 0 Å². The van der Waals surface area contributed by atoms with Gasteiger partial charge in [-0.3, -0.25) is 0 Å². The van der Waals surface area contributed by atoms with Crippen molar-refractivity contribution in [2.45, 2.75) is 6.42 Å². The van der Waals surface area contributed by atoms with Crippen LogP contribution in [-0.2, 0) is 6.42 Å².